The Bertz CT molecular complexity index is 952. The molecule has 0 N–H and O–H groups in total. The monoisotopic (exact) mass is 336 g/mol. The van der Waals surface area contributed by atoms with Crippen LogP contribution in [0.15, 0.2) is 61.2 Å². The second-order valence-electron chi connectivity index (χ2n) is 5.10. The second-order valence-corrected chi connectivity index (χ2v) is 6.13. The van der Waals surface area contributed by atoms with Gasteiger partial charge in [-0.3, -0.25) is 0 Å². The van der Waals surface area contributed by atoms with Crippen LogP contribution in [-0.2, 0) is 6.61 Å². The Morgan fingerprint density at radius 1 is 1.08 bits per heavy atom. The molecule has 0 saturated heterocycles. The van der Waals surface area contributed by atoms with Gasteiger partial charge in [-0.05, 0) is 18.2 Å². The molecule has 0 aliphatic heterocycles. The molecule has 0 amide bonds. The molecule has 0 spiro atoms. The number of hydrogen-bond donors (Lipinski definition) is 0. The van der Waals surface area contributed by atoms with Gasteiger partial charge >= 0.3 is 6.01 Å². The van der Waals surface area contributed by atoms with Crippen LogP contribution < -0.4 is 9.47 Å². The van der Waals surface area contributed by atoms with Crippen LogP contribution in [0.2, 0.25) is 0 Å². The maximum absolute atomic E-state index is 11.2. The molecule has 0 bridgehead atoms. The molecular formula is C17H12N4O2S. The van der Waals surface area contributed by atoms with Crippen molar-refractivity contribution < 1.29 is 9.47 Å². The summed E-state index contributed by atoms with van der Waals surface area (Å²) in [5.74, 6) is 0. The molecule has 3 aromatic heterocycles. The van der Waals surface area contributed by atoms with Crippen LogP contribution in [0.5, 0.6) is 6.01 Å². The van der Waals surface area contributed by atoms with Gasteiger partial charge in [0.1, 0.15) is 11.6 Å². The summed E-state index contributed by atoms with van der Waals surface area (Å²) in [5, 5.41) is 12.1. The lowest BCUT2D eigenvalue weighted by Gasteiger charge is -2.04. The first-order valence-electron chi connectivity index (χ1n) is 7.26. The molecular weight excluding hydrogens is 324 g/mol. The molecule has 0 unspecified atom stereocenters. The van der Waals surface area contributed by atoms with E-state index in [2.05, 4.69) is 15.0 Å². The zero-order chi connectivity index (χ0) is 16.4. The van der Waals surface area contributed by atoms with Crippen molar-refractivity contribution in [1.29, 1.82) is 0 Å². The lowest BCUT2D eigenvalue weighted by atomic mass is 10.3. The molecule has 0 radical (unpaired) electrons. The number of thiazole rings is 1. The van der Waals surface area contributed by atoms with Crippen molar-refractivity contribution in [3.05, 3.63) is 72.0 Å². The molecule has 0 saturated carbocycles. The molecule has 118 valence electrons. The fraction of sp³-hybridized carbons (Fsp3) is 0.0588. The Morgan fingerprint density at radius 3 is 2.71 bits per heavy atom. The molecule has 1 aromatic carbocycles. The first-order valence-corrected chi connectivity index (χ1v) is 8.08. The van der Waals surface area contributed by atoms with Crippen molar-refractivity contribution in [2.45, 2.75) is 6.61 Å². The largest absolute Gasteiger partial charge is 0.619 e. The Labute approximate surface area is 141 Å². The Hall–Kier alpha value is -3.06. The summed E-state index contributed by atoms with van der Waals surface area (Å²) in [6.45, 7) is 0.240. The van der Waals surface area contributed by atoms with Crippen molar-refractivity contribution in [3.63, 3.8) is 0 Å². The zero-order valence-corrected chi connectivity index (χ0v) is 13.3. The third-order valence-electron chi connectivity index (χ3n) is 3.37. The van der Waals surface area contributed by atoms with Crippen molar-refractivity contribution in [3.8, 4) is 16.6 Å². The minimum absolute atomic E-state index is 0.240. The number of fused-ring (bicyclic) bond motifs is 1. The van der Waals surface area contributed by atoms with Crippen LogP contribution in [0.1, 0.15) is 5.56 Å². The van der Waals surface area contributed by atoms with Gasteiger partial charge in [-0.15, -0.1) is 11.3 Å². The van der Waals surface area contributed by atoms with E-state index in [1.54, 1.807) is 29.8 Å². The van der Waals surface area contributed by atoms with E-state index < -0.39 is 0 Å². The second kappa shape index (κ2) is 6.21. The highest BCUT2D eigenvalue weighted by Gasteiger charge is 2.08. The predicted molar refractivity (Wildman–Crippen MR) is 90.4 cm³/mol. The van der Waals surface area contributed by atoms with Crippen molar-refractivity contribution >= 4 is 21.6 Å². The lowest BCUT2D eigenvalue weighted by molar-refractivity contribution is -0.606. The zero-order valence-electron chi connectivity index (χ0n) is 12.5. The highest BCUT2D eigenvalue weighted by Crippen LogP contribution is 2.29. The van der Waals surface area contributed by atoms with E-state index >= 15 is 0 Å². The predicted octanol–water partition coefficient (Wildman–Crippen LogP) is 2.97. The van der Waals surface area contributed by atoms with Crippen LogP contribution in [0.4, 0.5) is 0 Å². The smallest absolute Gasteiger partial charge is 0.316 e. The standard InChI is InChI=1S/C17H12N4O2S/c22-21-7-3-4-12(10-21)11-23-17-18-8-13(9-19-17)16-20-14-5-1-2-6-15(14)24-16/h1-10H,11H2. The van der Waals surface area contributed by atoms with Gasteiger partial charge in [0, 0.05) is 24.0 Å². The summed E-state index contributed by atoms with van der Waals surface area (Å²) >= 11 is 1.60. The summed E-state index contributed by atoms with van der Waals surface area (Å²) in [7, 11) is 0. The minimum atomic E-state index is 0.240. The van der Waals surface area contributed by atoms with Gasteiger partial charge in [-0.1, -0.05) is 12.1 Å². The first-order chi connectivity index (χ1) is 11.8. The average molecular weight is 336 g/mol. The molecule has 0 aliphatic carbocycles. The highest BCUT2D eigenvalue weighted by atomic mass is 32.1. The molecule has 0 atom stereocenters. The van der Waals surface area contributed by atoms with Gasteiger partial charge in [-0.2, -0.15) is 4.73 Å². The molecule has 4 rings (SSSR count). The van der Waals surface area contributed by atoms with E-state index in [1.807, 2.05) is 30.3 Å². The van der Waals surface area contributed by atoms with Gasteiger partial charge in [0.05, 0.1) is 15.8 Å². The third-order valence-corrected chi connectivity index (χ3v) is 4.46. The molecule has 3 heterocycles. The molecule has 6 nitrogen and oxygen atoms in total. The summed E-state index contributed by atoms with van der Waals surface area (Å²) in [6.07, 6.45) is 6.26. The van der Waals surface area contributed by atoms with Crippen molar-refractivity contribution in [1.82, 2.24) is 15.0 Å². The molecule has 0 aliphatic rings. The molecule has 4 aromatic rings. The van der Waals surface area contributed by atoms with Crippen LogP contribution in [-0.4, -0.2) is 15.0 Å². The summed E-state index contributed by atoms with van der Waals surface area (Å²) in [6, 6.07) is 11.7. The van der Waals surface area contributed by atoms with E-state index in [0.29, 0.717) is 0 Å². The van der Waals surface area contributed by atoms with Crippen LogP contribution >= 0.6 is 11.3 Å². The Kier molecular flexibility index (Phi) is 3.76. The Balaban J connectivity index is 1.50. The molecule has 24 heavy (non-hydrogen) atoms. The number of hydrogen-bond acceptors (Lipinski definition) is 6. The maximum atomic E-state index is 11.2. The Morgan fingerprint density at radius 2 is 1.92 bits per heavy atom. The van der Waals surface area contributed by atoms with Crippen LogP contribution in [0.3, 0.4) is 0 Å². The van der Waals surface area contributed by atoms with E-state index in [-0.39, 0.29) is 12.6 Å². The topological polar surface area (TPSA) is 74.8 Å². The summed E-state index contributed by atoms with van der Waals surface area (Å²) in [4.78, 5) is 13.0. The number of aromatic nitrogens is 4. The number of para-hydroxylation sites is 1. The summed E-state index contributed by atoms with van der Waals surface area (Å²) < 4.78 is 7.36. The van der Waals surface area contributed by atoms with Gasteiger partial charge in [0.2, 0.25) is 0 Å². The quantitative estimate of drug-likeness (QED) is 0.423. The minimum Gasteiger partial charge on any atom is -0.619 e. The van der Waals surface area contributed by atoms with E-state index in [4.69, 9.17) is 4.74 Å². The normalized spacial score (nSPS) is 10.8. The maximum Gasteiger partial charge on any atom is 0.316 e. The highest BCUT2D eigenvalue weighted by molar-refractivity contribution is 7.21. The van der Waals surface area contributed by atoms with Crippen molar-refractivity contribution in [2.75, 3.05) is 0 Å². The average Bonchev–Trinajstić information content (AvgIpc) is 3.05. The molecule has 0 fully saturated rings. The van der Waals surface area contributed by atoms with Gasteiger partial charge in [-0.25, -0.2) is 15.0 Å². The van der Waals surface area contributed by atoms with E-state index in [0.717, 1.165) is 31.1 Å². The number of nitrogens with zero attached hydrogens (tertiary/aromatic N) is 4. The molecule has 7 heteroatoms. The third kappa shape index (κ3) is 3.02. The van der Waals surface area contributed by atoms with Crippen LogP contribution in [0, 0.1) is 5.21 Å². The fourth-order valence-electron chi connectivity index (χ4n) is 2.23. The summed E-state index contributed by atoms with van der Waals surface area (Å²) in [5.41, 5.74) is 2.57. The van der Waals surface area contributed by atoms with E-state index in [9.17, 15) is 5.21 Å². The van der Waals surface area contributed by atoms with Gasteiger partial charge in [0.25, 0.3) is 0 Å². The van der Waals surface area contributed by atoms with E-state index in [1.165, 1.54) is 12.4 Å². The number of rotatable bonds is 4. The fourth-order valence-corrected chi connectivity index (χ4v) is 3.17. The van der Waals surface area contributed by atoms with Crippen molar-refractivity contribution in [2.24, 2.45) is 0 Å². The number of ether oxygens (including phenoxy) is 1. The van der Waals surface area contributed by atoms with Gasteiger partial charge in [0.15, 0.2) is 12.4 Å². The lowest BCUT2D eigenvalue weighted by Crippen LogP contribution is -2.25. The number of benzene rings is 1. The number of pyridine rings is 1. The SMILES string of the molecule is [O-][n+]1cccc(COc2ncc(-c3nc4ccccc4s3)cn2)c1. The first kappa shape index (κ1) is 14.5. The van der Waals surface area contributed by atoms with Crippen LogP contribution in [0.25, 0.3) is 20.8 Å². The van der Waals surface area contributed by atoms with Gasteiger partial charge < -0.3 is 9.94 Å².